The molecule has 7 heteroatoms. The molecule has 0 saturated carbocycles. The smallest absolute Gasteiger partial charge is 0.253 e. The van der Waals surface area contributed by atoms with Crippen molar-refractivity contribution in [3.63, 3.8) is 0 Å². The molecule has 0 radical (unpaired) electrons. The van der Waals surface area contributed by atoms with Crippen molar-refractivity contribution < 1.29 is 9.59 Å². The van der Waals surface area contributed by atoms with E-state index in [0.29, 0.717) is 11.4 Å². The van der Waals surface area contributed by atoms with Gasteiger partial charge in [-0.1, -0.05) is 37.3 Å². The molecule has 0 bridgehead atoms. The van der Waals surface area contributed by atoms with E-state index in [4.69, 9.17) is 5.10 Å². The molecule has 33 heavy (non-hydrogen) atoms. The number of rotatable bonds is 6. The Hall–Kier alpha value is -3.45. The van der Waals surface area contributed by atoms with Crippen LogP contribution in [0.3, 0.4) is 0 Å². The molecule has 7 nitrogen and oxygen atoms in total. The summed E-state index contributed by atoms with van der Waals surface area (Å²) in [6.45, 7) is 10.0. The number of carbonyl (C=O) groups excluding carboxylic acids is 2. The maximum absolute atomic E-state index is 13.0. The number of aromatic nitrogens is 2. The molecule has 1 fully saturated rings. The van der Waals surface area contributed by atoms with Gasteiger partial charge in [0.05, 0.1) is 11.4 Å². The Labute approximate surface area is 195 Å². The lowest BCUT2D eigenvalue weighted by Gasteiger charge is -2.34. The third-order valence-electron chi connectivity index (χ3n) is 5.98. The summed E-state index contributed by atoms with van der Waals surface area (Å²) < 4.78 is 1.73. The Morgan fingerprint density at radius 3 is 2.24 bits per heavy atom. The second-order valence-corrected chi connectivity index (χ2v) is 8.45. The van der Waals surface area contributed by atoms with Gasteiger partial charge < -0.3 is 10.2 Å². The SMILES string of the molecule is CCCN1CCN(C(=O)c2ccc(-n3nc(C)c(-c4ccccc4)c3NC(C)=O)cc2)CC1. The van der Waals surface area contributed by atoms with Gasteiger partial charge in [0.15, 0.2) is 0 Å². The average molecular weight is 446 g/mol. The van der Waals surface area contributed by atoms with Crippen LogP contribution in [0.1, 0.15) is 36.3 Å². The Bertz CT molecular complexity index is 1110. The van der Waals surface area contributed by atoms with Crippen molar-refractivity contribution in [2.75, 3.05) is 38.0 Å². The average Bonchev–Trinajstić information content (AvgIpc) is 3.15. The molecular formula is C26H31N5O2. The Morgan fingerprint density at radius 2 is 1.64 bits per heavy atom. The van der Waals surface area contributed by atoms with E-state index in [2.05, 4.69) is 17.1 Å². The van der Waals surface area contributed by atoms with Gasteiger partial charge in [-0.15, -0.1) is 0 Å². The summed E-state index contributed by atoms with van der Waals surface area (Å²) in [5, 5.41) is 7.65. The first-order valence-corrected chi connectivity index (χ1v) is 11.5. The first kappa shape index (κ1) is 22.7. The highest BCUT2D eigenvalue weighted by Crippen LogP contribution is 2.33. The van der Waals surface area contributed by atoms with Crippen LogP contribution < -0.4 is 5.32 Å². The minimum absolute atomic E-state index is 0.0569. The summed E-state index contributed by atoms with van der Waals surface area (Å²) in [5.74, 6) is 0.515. The van der Waals surface area contributed by atoms with Gasteiger partial charge in [-0.05, 0) is 49.7 Å². The van der Waals surface area contributed by atoms with Crippen molar-refractivity contribution in [3.05, 3.63) is 65.9 Å². The number of hydrogen-bond acceptors (Lipinski definition) is 4. The van der Waals surface area contributed by atoms with Gasteiger partial charge in [0.1, 0.15) is 5.82 Å². The second kappa shape index (κ2) is 10.0. The molecule has 1 aromatic heterocycles. The fraction of sp³-hybridized carbons (Fsp3) is 0.346. The number of benzene rings is 2. The van der Waals surface area contributed by atoms with E-state index in [1.165, 1.54) is 6.92 Å². The fourth-order valence-electron chi connectivity index (χ4n) is 4.37. The third kappa shape index (κ3) is 4.98. The summed E-state index contributed by atoms with van der Waals surface area (Å²) in [5.41, 5.74) is 4.13. The zero-order chi connectivity index (χ0) is 23.4. The third-order valence-corrected chi connectivity index (χ3v) is 5.98. The zero-order valence-electron chi connectivity index (χ0n) is 19.5. The van der Waals surface area contributed by atoms with Crippen molar-refractivity contribution in [3.8, 4) is 16.8 Å². The van der Waals surface area contributed by atoms with E-state index in [9.17, 15) is 9.59 Å². The molecule has 3 aromatic rings. The van der Waals surface area contributed by atoms with Crippen molar-refractivity contribution in [1.29, 1.82) is 0 Å². The summed E-state index contributed by atoms with van der Waals surface area (Å²) in [6.07, 6.45) is 1.13. The largest absolute Gasteiger partial charge is 0.336 e. The van der Waals surface area contributed by atoms with Crippen LogP contribution in [0.5, 0.6) is 0 Å². The molecule has 2 heterocycles. The molecule has 2 amide bonds. The normalized spacial score (nSPS) is 14.3. The first-order chi connectivity index (χ1) is 16.0. The van der Waals surface area contributed by atoms with Crippen LogP contribution in [0.15, 0.2) is 54.6 Å². The molecule has 1 N–H and O–H groups in total. The molecule has 1 aliphatic heterocycles. The molecule has 1 aliphatic rings. The summed E-state index contributed by atoms with van der Waals surface area (Å²) >= 11 is 0. The van der Waals surface area contributed by atoms with Crippen LogP contribution in [-0.2, 0) is 4.79 Å². The first-order valence-electron chi connectivity index (χ1n) is 11.5. The second-order valence-electron chi connectivity index (χ2n) is 8.45. The van der Waals surface area contributed by atoms with Gasteiger partial charge in [0.25, 0.3) is 5.91 Å². The van der Waals surface area contributed by atoms with E-state index in [1.54, 1.807) is 4.68 Å². The highest BCUT2D eigenvalue weighted by atomic mass is 16.2. The van der Waals surface area contributed by atoms with E-state index < -0.39 is 0 Å². The number of anilines is 1. The zero-order valence-corrected chi connectivity index (χ0v) is 19.5. The van der Waals surface area contributed by atoms with Crippen molar-refractivity contribution in [1.82, 2.24) is 19.6 Å². The molecule has 0 spiro atoms. The topological polar surface area (TPSA) is 70.5 Å². The quantitative estimate of drug-likeness (QED) is 0.623. The van der Waals surface area contributed by atoms with E-state index in [0.717, 1.165) is 61.7 Å². The Balaban J connectivity index is 1.59. The molecule has 0 unspecified atom stereocenters. The highest BCUT2D eigenvalue weighted by Gasteiger charge is 2.23. The van der Waals surface area contributed by atoms with Gasteiger partial charge in [0.2, 0.25) is 5.91 Å². The van der Waals surface area contributed by atoms with Gasteiger partial charge >= 0.3 is 0 Å². The molecule has 172 valence electrons. The molecule has 4 rings (SSSR count). The minimum atomic E-state index is -0.164. The van der Waals surface area contributed by atoms with Crippen LogP contribution >= 0.6 is 0 Å². The number of hydrogen-bond donors (Lipinski definition) is 1. The monoisotopic (exact) mass is 445 g/mol. The lowest BCUT2D eigenvalue weighted by atomic mass is 10.1. The minimum Gasteiger partial charge on any atom is -0.336 e. The summed E-state index contributed by atoms with van der Waals surface area (Å²) in [6, 6.07) is 17.3. The molecule has 0 atom stereocenters. The predicted molar refractivity (Wildman–Crippen MR) is 131 cm³/mol. The van der Waals surface area contributed by atoms with Gasteiger partial charge in [0, 0.05) is 44.2 Å². The van der Waals surface area contributed by atoms with E-state index in [1.807, 2.05) is 66.4 Å². The number of amides is 2. The Kier molecular flexibility index (Phi) is 6.89. The van der Waals surface area contributed by atoms with Crippen LogP contribution in [0, 0.1) is 6.92 Å². The number of carbonyl (C=O) groups is 2. The van der Waals surface area contributed by atoms with Crippen molar-refractivity contribution >= 4 is 17.6 Å². The van der Waals surface area contributed by atoms with Gasteiger partial charge in [-0.2, -0.15) is 5.10 Å². The lowest BCUT2D eigenvalue weighted by Crippen LogP contribution is -2.48. The van der Waals surface area contributed by atoms with E-state index >= 15 is 0 Å². The molecule has 2 aromatic carbocycles. The highest BCUT2D eigenvalue weighted by molar-refractivity contribution is 5.95. The number of nitrogens with one attached hydrogen (secondary N) is 1. The van der Waals surface area contributed by atoms with Gasteiger partial charge in [-0.3, -0.25) is 14.5 Å². The van der Waals surface area contributed by atoms with Crippen LogP contribution in [-0.4, -0.2) is 64.1 Å². The molecule has 0 aliphatic carbocycles. The van der Waals surface area contributed by atoms with Crippen LogP contribution in [0.25, 0.3) is 16.8 Å². The Morgan fingerprint density at radius 1 is 0.970 bits per heavy atom. The lowest BCUT2D eigenvalue weighted by molar-refractivity contribution is -0.114. The van der Waals surface area contributed by atoms with E-state index in [-0.39, 0.29) is 11.8 Å². The maximum Gasteiger partial charge on any atom is 0.253 e. The molecular weight excluding hydrogens is 414 g/mol. The van der Waals surface area contributed by atoms with Crippen LogP contribution in [0.2, 0.25) is 0 Å². The summed E-state index contributed by atoms with van der Waals surface area (Å²) in [7, 11) is 0. The van der Waals surface area contributed by atoms with Gasteiger partial charge in [-0.25, -0.2) is 4.68 Å². The number of aryl methyl sites for hydroxylation is 1. The van der Waals surface area contributed by atoms with Crippen molar-refractivity contribution in [2.45, 2.75) is 27.2 Å². The standard InChI is InChI=1S/C26H31N5O2/c1-4-14-29-15-17-30(18-16-29)26(33)22-10-12-23(13-11-22)31-25(27-20(3)32)24(19(2)28-31)21-8-6-5-7-9-21/h5-13H,4,14-18H2,1-3H3,(H,27,32). The summed E-state index contributed by atoms with van der Waals surface area (Å²) in [4.78, 5) is 29.3. The fourth-order valence-corrected chi connectivity index (χ4v) is 4.37. The molecule has 1 saturated heterocycles. The van der Waals surface area contributed by atoms with Crippen molar-refractivity contribution in [2.24, 2.45) is 0 Å². The van der Waals surface area contributed by atoms with Crippen LogP contribution in [0.4, 0.5) is 5.82 Å². The maximum atomic E-state index is 13.0. The number of piperazine rings is 1. The predicted octanol–water partition coefficient (Wildman–Crippen LogP) is 3.97. The number of nitrogens with zero attached hydrogens (tertiary/aromatic N) is 4.